The Kier molecular flexibility index (Phi) is 2.75. The van der Waals surface area contributed by atoms with E-state index in [0.29, 0.717) is 11.3 Å². The van der Waals surface area contributed by atoms with Crippen LogP contribution in [0.5, 0.6) is 5.75 Å². The number of nitriles is 1. The van der Waals surface area contributed by atoms with Gasteiger partial charge in [-0.1, -0.05) is 12.1 Å². The first kappa shape index (κ1) is 10.7. The van der Waals surface area contributed by atoms with Crippen LogP contribution in [-0.2, 0) is 0 Å². The highest BCUT2D eigenvalue weighted by Crippen LogP contribution is 2.16. The molecule has 0 aliphatic rings. The summed E-state index contributed by atoms with van der Waals surface area (Å²) in [6.07, 6.45) is 1.04. The van der Waals surface area contributed by atoms with Crippen LogP contribution in [0.3, 0.4) is 0 Å². The van der Waals surface area contributed by atoms with Crippen LogP contribution in [0.4, 0.5) is 11.6 Å². The van der Waals surface area contributed by atoms with Crippen LogP contribution in [0.25, 0.3) is 0 Å². The number of aromatic amines is 1. The molecule has 1 aromatic heterocycles. The molecule has 2 aromatic rings. The van der Waals surface area contributed by atoms with Gasteiger partial charge in [0.25, 0.3) is 5.56 Å². The lowest BCUT2D eigenvalue weighted by atomic mass is 10.2. The number of hydrogen-bond donors (Lipinski definition) is 3. The number of nitrogens with one attached hydrogen (secondary N) is 2. The molecule has 0 unspecified atom stereocenters. The number of aromatic hydroxyl groups is 1. The third-order valence-corrected chi connectivity index (χ3v) is 2.08. The van der Waals surface area contributed by atoms with Crippen LogP contribution in [0, 0.1) is 11.3 Å². The van der Waals surface area contributed by atoms with E-state index in [1.54, 1.807) is 24.3 Å². The third kappa shape index (κ3) is 2.23. The Morgan fingerprint density at radius 3 is 2.88 bits per heavy atom. The summed E-state index contributed by atoms with van der Waals surface area (Å²) in [4.78, 5) is 17.3. The third-order valence-electron chi connectivity index (χ3n) is 2.08. The number of H-pyrrole nitrogens is 1. The summed E-state index contributed by atoms with van der Waals surface area (Å²) >= 11 is 0. The van der Waals surface area contributed by atoms with Gasteiger partial charge in [0.05, 0.1) is 17.4 Å². The Bertz CT molecular complexity index is 642. The van der Waals surface area contributed by atoms with Gasteiger partial charge in [-0.2, -0.15) is 5.26 Å². The number of aromatic nitrogens is 2. The van der Waals surface area contributed by atoms with E-state index in [1.807, 2.05) is 6.07 Å². The molecule has 6 heteroatoms. The van der Waals surface area contributed by atoms with E-state index in [2.05, 4.69) is 15.3 Å². The quantitative estimate of drug-likeness (QED) is 0.714. The van der Waals surface area contributed by atoms with E-state index in [4.69, 9.17) is 10.4 Å². The van der Waals surface area contributed by atoms with Crippen molar-refractivity contribution in [1.29, 1.82) is 5.26 Å². The van der Waals surface area contributed by atoms with Gasteiger partial charge in [0, 0.05) is 0 Å². The maximum absolute atomic E-state index is 11.1. The summed E-state index contributed by atoms with van der Waals surface area (Å²) in [7, 11) is 0. The Balaban J connectivity index is 2.35. The minimum atomic E-state index is -0.642. The van der Waals surface area contributed by atoms with Crippen molar-refractivity contribution in [3.8, 4) is 11.8 Å². The van der Waals surface area contributed by atoms with Crippen LogP contribution in [0.15, 0.2) is 35.3 Å². The topological polar surface area (TPSA) is 102 Å². The van der Waals surface area contributed by atoms with E-state index < -0.39 is 11.3 Å². The summed E-state index contributed by atoms with van der Waals surface area (Å²) in [5.74, 6) is -0.292. The normalized spacial score (nSPS) is 9.59. The Labute approximate surface area is 96.2 Å². The summed E-state index contributed by atoms with van der Waals surface area (Å²) in [6, 6.07) is 8.82. The van der Waals surface area contributed by atoms with Gasteiger partial charge in [0.1, 0.15) is 6.07 Å². The van der Waals surface area contributed by atoms with Gasteiger partial charge in [-0.15, -0.1) is 0 Å². The lowest BCUT2D eigenvalue weighted by molar-refractivity contribution is 0.463. The molecule has 0 radical (unpaired) electrons. The second-order valence-corrected chi connectivity index (χ2v) is 3.23. The first-order valence-electron chi connectivity index (χ1n) is 4.75. The van der Waals surface area contributed by atoms with Crippen molar-refractivity contribution in [3.63, 3.8) is 0 Å². The van der Waals surface area contributed by atoms with Crippen molar-refractivity contribution >= 4 is 11.6 Å². The summed E-state index contributed by atoms with van der Waals surface area (Å²) in [6.45, 7) is 0. The molecule has 2 rings (SSSR count). The Morgan fingerprint density at radius 1 is 1.41 bits per heavy atom. The second kappa shape index (κ2) is 4.37. The molecule has 0 aliphatic heterocycles. The average molecular weight is 228 g/mol. The predicted octanol–water partition coefficient (Wildman–Crippen LogP) is 1.09. The van der Waals surface area contributed by atoms with Crippen molar-refractivity contribution in [1.82, 2.24) is 9.97 Å². The smallest absolute Gasteiger partial charge is 0.294 e. The van der Waals surface area contributed by atoms with Gasteiger partial charge in [0.15, 0.2) is 5.75 Å². The van der Waals surface area contributed by atoms with Gasteiger partial charge in [-0.05, 0) is 12.1 Å². The molecule has 1 heterocycles. The zero-order valence-electron chi connectivity index (χ0n) is 8.64. The Morgan fingerprint density at radius 2 is 2.18 bits per heavy atom. The first-order valence-corrected chi connectivity index (χ1v) is 4.75. The van der Waals surface area contributed by atoms with E-state index in [-0.39, 0.29) is 5.95 Å². The fourth-order valence-electron chi connectivity index (χ4n) is 1.27. The number of rotatable bonds is 2. The Hall–Kier alpha value is -2.81. The van der Waals surface area contributed by atoms with Crippen LogP contribution in [0.1, 0.15) is 5.56 Å². The molecule has 0 saturated heterocycles. The molecule has 0 amide bonds. The van der Waals surface area contributed by atoms with Gasteiger partial charge >= 0.3 is 0 Å². The van der Waals surface area contributed by atoms with E-state index >= 15 is 0 Å². The molecule has 3 N–H and O–H groups in total. The summed E-state index contributed by atoms with van der Waals surface area (Å²) in [5, 5.41) is 20.7. The van der Waals surface area contributed by atoms with Gasteiger partial charge in [0.2, 0.25) is 5.95 Å². The second-order valence-electron chi connectivity index (χ2n) is 3.23. The maximum atomic E-state index is 11.1. The SMILES string of the molecule is N#Cc1ccccc1Nc1ncc(O)c(=O)[nH]1. The zero-order chi connectivity index (χ0) is 12.3. The van der Waals surface area contributed by atoms with Crippen molar-refractivity contribution in [2.24, 2.45) is 0 Å². The molecule has 84 valence electrons. The van der Waals surface area contributed by atoms with E-state index in [9.17, 15) is 4.79 Å². The zero-order valence-corrected chi connectivity index (χ0v) is 8.64. The minimum absolute atomic E-state index is 0.163. The molecule has 0 spiro atoms. The van der Waals surface area contributed by atoms with Crippen molar-refractivity contribution in [2.75, 3.05) is 5.32 Å². The largest absolute Gasteiger partial charge is 0.502 e. The molecule has 0 saturated carbocycles. The molecule has 0 fully saturated rings. The molecular formula is C11H8N4O2. The molecule has 6 nitrogen and oxygen atoms in total. The van der Waals surface area contributed by atoms with Gasteiger partial charge in [-0.3, -0.25) is 9.78 Å². The summed E-state index contributed by atoms with van der Waals surface area (Å²) < 4.78 is 0. The van der Waals surface area contributed by atoms with E-state index in [1.165, 1.54) is 0 Å². The fourth-order valence-corrected chi connectivity index (χ4v) is 1.27. The standard InChI is InChI=1S/C11H8N4O2/c12-5-7-3-1-2-4-8(7)14-11-13-6-9(16)10(17)15-11/h1-4,6,16H,(H2,13,14,15,17). The molecule has 1 aromatic carbocycles. The summed E-state index contributed by atoms with van der Waals surface area (Å²) in [5.41, 5.74) is 0.323. The van der Waals surface area contributed by atoms with Crippen molar-refractivity contribution < 1.29 is 5.11 Å². The highest BCUT2D eigenvalue weighted by atomic mass is 16.3. The number of para-hydroxylation sites is 1. The highest BCUT2D eigenvalue weighted by Gasteiger charge is 2.04. The molecule has 17 heavy (non-hydrogen) atoms. The van der Waals surface area contributed by atoms with Gasteiger partial charge < -0.3 is 10.4 Å². The molecular weight excluding hydrogens is 220 g/mol. The monoisotopic (exact) mass is 228 g/mol. The number of nitrogens with zero attached hydrogens (tertiary/aromatic N) is 2. The average Bonchev–Trinajstić information content (AvgIpc) is 2.34. The van der Waals surface area contributed by atoms with Crippen LogP contribution in [0.2, 0.25) is 0 Å². The maximum Gasteiger partial charge on any atom is 0.294 e. The minimum Gasteiger partial charge on any atom is -0.502 e. The van der Waals surface area contributed by atoms with Crippen molar-refractivity contribution in [2.45, 2.75) is 0 Å². The lowest BCUT2D eigenvalue weighted by Gasteiger charge is -2.06. The molecule has 0 bridgehead atoms. The van der Waals surface area contributed by atoms with Gasteiger partial charge in [-0.25, -0.2) is 4.98 Å². The number of hydrogen-bond acceptors (Lipinski definition) is 5. The van der Waals surface area contributed by atoms with Crippen LogP contribution in [-0.4, -0.2) is 15.1 Å². The van der Waals surface area contributed by atoms with E-state index in [0.717, 1.165) is 6.20 Å². The number of benzene rings is 1. The lowest BCUT2D eigenvalue weighted by Crippen LogP contribution is -2.09. The van der Waals surface area contributed by atoms with Crippen LogP contribution < -0.4 is 10.9 Å². The fraction of sp³-hybridized carbons (Fsp3) is 0. The van der Waals surface area contributed by atoms with Crippen molar-refractivity contribution in [3.05, 3.63) is 46.4 Å². The first-order chi connectivity index (χ1) is 8.20. The highest BCUT2D eigenvalue weighted by molar-refractivity contribution is 5.62. The number of anilines is 2. The van der Waals surface area contributed by atoms with Crippen LogP contribution >= 0.6 is 0 Å². The molecule has 0 aliphatic carbocycles. The predicted molar refractivity (Wildman–Crippen MR) is 61.0 cm³/mol. The molecule has 0 atom stereocenters.